The summed E-state index contributed by atoms with van der Waals surface area (Å²) in [6, 6.07) is 8.05. The highest BCUT2D eigenvalue weighted by atomic mass is 79.9. The molecule has 2 fully saturated rings. The number of hydrogen-bond acceptors (Lipinski definition) is 2. The summed E-state index contributed by atoms with van der Waals surface area (Å²) in [5, 5.41) is 3.47. The Morgan fingerprint density at radius 2 is 1.95 bits per heavy atom. The van der Waals surface area contributed by atoms with Crippen molar-refractivity contribution in [2.75, 3.05) is 26.2 Å². The van der Waals surface area contributed by atoms with Crippen LogP contribution in [0.15, 0.2) is 28.7 Å². The molecule has 0 aliphatic carbocycles. The van der Waals surface area contributed by atoms with E-state index in [4.69, 9.17) is 0 Å². The van der Waals surface area contributed by atoms with Gasteiger partial charge in [0.05, 0.1) is 6.42 Å². The summed E-state index contributed by atoms with van der Waals surface area (Å²) in [4.78, 5) is 14.5. The lowest BCUT2D eigenvalue weighted by atomic mass is 9.92. The van der Waals surface area contributed by atoms with Gasteiger partial charge in [-0.15, -0.1) is 0 Å². The van der Waals surface area contributed by atoms with Gasteiger partial charge in [-0.25, -0.2) is 0 Å². The minimum absolute atomic E-state index is 0.274. The third kappa shape index (κ3) is 3.23. The zero-order chi connectivity index (χ0) is 13.9. The average molecular weight is 337 g/mol. The monoisotopic (exact) mass is 336 g/mol. The van der Waals surface area contributed by atoms with Gasteiger partial charge in [-0.3, -0.25) is 4.79 Å². The Labute approximate surface area is 128 Å². The highest BCUT2D eigenvalue weighted by Gasteiger charge is 2.31. The van der Waals surface area contributed by atoms with Gasteiger partial charge in [0.25, 0.3) is 0 Å². The number of fused-ring (bicyclic) bond motifs is 1. The first-order chi connectivity index (χ1) is 9.72. The predicted molar refractivity (Wildman–Crippen MR) is 83.5 cm³/mol. The first-order valence-corrected chi connectivity index (χ1v) is 8.24. The number of carbonyl (C=O) groups is 1. The summed E-state index contributed by atoms with van der Waals surface area (Å²) in [6.07, 6.45) is 2.83. The van der Waals surface area contributed by atoms with Crippen molar-refractivity contribution < 1.29 is 4.79 Å². The molecule has 108 valence electrons. The first-order valence-electron chi connectivity index (χ1n) is 7.45. The molecule has 2 heterocycles. The van der Waals surface area contributed by atoms with Crippen LogP contribution in [0.25, 0.3) is 0 Å². The fourth-order valence-electron chi connectivity index (χ4n) is 3.40. The van der Waals surface area contributed by atoms with Crippen LogP contribution in [0.2, 0.25) is 0 Å². The lowest BCUT2D eigenvalue weighted by molar-refractivity contribution is -0.130. The molecule has 2 aliphatic heterocycles. The summed E-state index contributed by atoms with van der Waals surface area (Å²) in [6.45, 7) is 4.13. The third-order valence-corrected chi connectivity index (χ3v) is 5.11. The number of likely N-dealkylation sites (tertiary alicyclic amines) is 1. The molecule has 1 aromatic carbocycles. The number of halogens is 1. The van der Waals surface area contributed by atoms with Gasteiger partial charge in [0, 0.05) is 17.6 Å². The molecule has 0 spiro atoms. The van der Waals surface area contributed by atoms with Crippen molar-refractivity contribution in [3.05, 3.63) is 34.3 Å². The van der Waals surface area contributed by atoms with Crippen molar-refractivity contribution in [1.82, 2.24) is 10.2 Å². The van der Waals surface area contributed by atoms with E-state index >= 15 is 0 Å². The fraction of sp³-hybridized carbons (Fsp3) is 0.562. The maximum atomic E-state index is 12.4. The maximum absolute atomic E-state index is 12.4. The standard InChI is InChI=1S/C16H21BrN2O/c17-15-3-1-2-12(8-15)9-16(20)19-6-4-13-10-18-11-14(13)5-7-19/h1-3,8,13-14,18H,4-7,9-11H2/t13-,14+. The number of rotatable bonds is 2. The second-order valence-electron chi connectivity index (χ2n) is 5.94. The summed E-state index contributed by atoms with van der Waals surface area (Å²) in [5.41, 5.74) is 1.09. The van der Waals surface area contributed by atoms with Crippen LogP contribution in [0.3, 0.4) is 0 Å². The van der Waals surface area contributed by atoms with E-state index in [9.17, 15) is 4.79 Å². The van der Waals surface area contributed by atoms with Crippen molar-refractivity contribution in [3.63, 3.8) is 0 Å². The summed E-state index contributed by atoms with van der Waals surface area (Å²) < 4.78 is 1.04. The lowest BCUT2D eigenvalue weighted by Crippen LogP contribution is -2.33. The first kappa shape index (κ1) is 14.1. The number of nitrogens with one attached hydrogen (secondary N) is 1. The highest BCUT2D eigenvalue weighted by Crippen LogP contribution is 2.27. The van der Waals surface area contributed by atoms with Crippen LogP contribution in [0.1, 0.15) is 18.4 Å². The third-order valence-electron chi connectivity index (χ3n) is 4.62. The molecule has 1 aromatic rings. The molecule has 0 aromatic heterocycles. The smallest absolute Gasteiger partial charge is 0.226 e. The Kier molecular flexibility index (Phi) is 4.41. The van der Waals surface area contributed by atoms with Gasteiger partial charge in [-0.05, 0) is 55.5 Å². The van der Waals surface area contributed by atoms with E-state index < -0.39 is 0 Å². The van der Waals surface area contributed by atoms with Crippen molar-refractivity contribution in [1.29, 1.82) is 0 Å². The van der Waals surface area contributed by atoms with Crippen LogP contribution < -0.4 is 5.32 Å². The normalized spacial score (nSPS) is 26.1. The van der Waals surface area contributed by atoms with Crippen LogP contribution in [0.5, 0.6) is 0 Å². The van der Waals surface area contributed by atoms with Crippen LogP contribution in [0.4, 0.5) is 0 Å². The number of amides is 1. The number of benzene rings is 1. The van der Waals surface area contributed by atoms with Crippen LogP contribution in [-0.2, 0) is 11.2 Å². The van der Waals surface area contributed by atoms with E-state index in [0.717, 1.165) is 60.9 Å². The van der Waals surface area contributed by atoms with Crippen molar-refractivity contribution >= 4 is 21.8 Å². The molecular formula is C16H21BrN2O. The Bertz CT molecular complexity index is 477. The topological polar surface area (TPSA) is 32.3 Å². The van der Waals surface area contributed by atoms with Gasteiger partial charge in [-0.1, -0.05) is 28.1 Å². The van der Waals surface area contributed by atoms with Crippen LogP contribution in [-0.4, -0.2) is 37.0 Å². The van der Waals surface area contributed by atoms with Gasteiger partial charge < -0.3 is 10.2 Å². The van der Waals surface area contributed by atoms with Gasteiger partial charge in [0.15, 0.2) is 0 Å². The van der Waals surface area contributed by atoms with Gasteiger partial charge in [0.1, 0.15) is 0 Å². The van der Waals surface area contributed by atoms with E-state index in [-0.39, 0.29) is 5.91 Å². The number of hydrogen-bond donors (Lipinski definition) is 1. The fourth-order valence-corrected chi connectivity index (χ4v) is 3.85. The summed E-state index contributed by atoms with van der Waals surface area (Å²) >= 11 is 3.46. The predicted octanol–water partition coefficient (Wildman–Crippen LogP) is 2.45. The van der Waals surface area contributed by atoms with Crippen molar-refractivity contribution in [3.8, 4) is 0 Å². The van der Waals surface area contributed by atoms with E-state index in [1.165, 1.54) is 0 Å². The van der Waals surface area contributed by atoms with Gasteiger partial charge in [-0.2, -0.15) is 0 Å². The largest absolute Gasteiger partial charge is 0.342 e. The Morgan fingerprint density at radius 3 is 2.60 bits per heavy atom. The molecule has 2 aliphatic rings. The lowest BCUT2D eigenvalue weighted by Gasteiger charge is -2.21. The van der Waals surface area contributed by atoms with E-state index in [1.807, 2.05) is 24.3 Å². The second kappa shape index (κ2) is 6.27. The molecule has 3 nitrogen and oxygen atoms in total. The minimum Gasteiger partial charge on any atom is -0.342 e. The molecule has 3 rings (SSSR count). The molecule has 0 unspecified atom stereocenters. The molecule has 20 heavy (non-hydrogen) atoms. The van der Waals surface area contributed by atoms with Crippen molar-refractivity contribution in [2.45, 2.75) is 19.3 Å². The zero-order valence-corrected chi connectivity index (χ0v) is 13.2. The summed E-state index contributed by atoms with van der Waals surface area (Å²) in [5.74, 6) is 1.83. The van der Waals surface area contributed by atoms with Gasteiger partial charge >= 0.3 is 0 Å². The van der Waals surface area contributed by atoms with Crippen molar-refractivity contribution in [2.24, 2.45) is 11.8 Å². The Balaban J connectivity index is 1.60. The quantitative estimate of drug-likeness (QED) is 0.899. The molecule has 0 saturated carbocycles. The summed E-state index contributed by atoms with van der Waals surface area (Å²) in [7, 11) is 0. The molecular weight excluding hydrogens is 316 g/mol. The number of nitrogens with zero attached hydrogens (tertiary/aromatic N) is 1. The molecule has 1 N–H and O–H groups in total. The Hall–Kier alpha value is -0.870. The maximum Gasteiger partial charge on any atom is 0.226 e. The van der Waals surface area contributed by atoms with Crippen LogP contribution in [0, 0.1) is 11.8 Å². The molecule has 0 radical (unpaired) electrons. The Morgan fingerprint density at radius 1 is 1.25 bits per heavy atom. The minimum atomic E-state index is 0.274. The van der Waals surface area contributed by atoms with E-state index in [0.29, 0.717) is 6.42 Å². The molecule has 0 bridgehead atoms. The van der Waals surface area contributed by atoms with Crippen LogP contribution >= 0.6 is 15.9 Å². The molecule has 2 saturated heterocycles. The van der Waals surface area contributed by atoms with Gasteiger partial charge in [0.2, 0.25) is 5.91 Å². The zero-order valence-electron chi connectivity index (χ0n) is 11.6. The average Bonchev–Trinajstić information content (AvgIpc) is 2.77. The van der Waals surface area contributed by atoms with E-state index in [1.54, 1.807) is 0 Å². The van der Waals surface area contributed by atoms with E-state index in [2.05, 4.69) is 26.1 Å². The highest BCUT2D eigenvalue weighted by molar-refractivity contribution is 9.10. The second-order valence-corrected chi connectivity index (χ2v) is 6.86. The molecule has 1 amide bonds. The molecule has 2 atom stereocenters. The number of carbonyl (C=O) groups excluding carboxylic acids is 1. The molecule has 4 heteroatoms. The SMILES string of the molecule is O=C(Cc1cccc(Br)c1)N1CC[C@@H]2CNC[C@@H]2CC1.